The second kappa shape index (κ2) is 17.8. The number of anilines is 3. The molecule has 0 aliphatic heterocycles. The number of hydrogen-bond acceptors (Lipinski definition) is 13. The lowest BCUT2D eigenvalue weighted by Gasteiger charge is -2.24. The summed E-state index contributed by atoms with van der Waals surface area (Å²) in [6, 6.07) is 6.93. The van der Waals surface area contributed by atoms with Crippen LogP contribution in [-0.2, 0) is 30.5 Å². The molecule has 50 heavy (non-hydrogen) atoms. The van der Waals surface area contributed by atoms with Crippen molar-refractivity contribution < 1.29 is 33.8 Å². The van der Waals surface area contributed by atoms with E-state index in [1.165, 1.54) is 0 Å². The Kier molecular flexibility index (Phi) is 13.9. The van der Waals surface area contributed by atoms with Crippen LogP contribution >= 0.6 is 0 Å². The predicted molar refractivity (Wildman–Crippen MR) is 187 cm³/mol. The number of ether oxygens (including phenoxy) is 1. The molecule has 270 valence electrons. The van der Waals surface area contributed by atoms with E-state index in [4.69, 9.17) is 21.3 Å². The first-order valence-corrected chi connectivity index (χ1v) is 16.4. The van der Waals surface area contributed by atoms with E-state index in [1.54, 1.807) is 63.1 Å². The molecular formula is C34H47N9O7. The highest BCUT2D eigenvalue weighted by atomic mass is 16.6. The number of nitrogens with two attached hydrogens (primary N) is 2. The number of nitrogen functional groups attached to an aromatic ring is 2. The van der Waals surface area contributed by atoms with Gasteiger partial charge >= 0.3 is 11.9 Å². The first-order valence-electron chi connectivity index (χ1n) is 16.4. The molecule has 0 bridgehead atoms. The third kappa shape index (κ3) is 12.2. The second-order valence-electron chi connectivity index (χ2n) is 12.9. The number of carboxylic acid groups (broad SMARTS) is 1. The Labute approximate surface area is 291 Å². The van der Waals surface area contributed by atoms with Gasteiger partial charge in [-0.25, -0.2) is 9.97 Å². The van der Waals surface area contributed by atoms with Gasteiger partial charge in [0.25, 0.3) is 0 Å². The van der Waals surface area contributed by atoms with Crippen LogP contribution in [0.3, 0.4) is 0 Å². The number of fused-ring (bicyclic) bond motifs is 1. The monoisotopic (exact) mass is 693 g/mol. The number of rotatable bonds is 18. The van der Waals surface area contributed by atoms with Crippen LogP contribution in [0.2, 0.25) is 0 Å². The minimum atomic E-state index is -1.03. The van der Waals surface area contributed by atoms with E-state index < -0.39 is 23.5 Å². The standard InChI is InChI=1S/C34H47N9O7/c1-6-43(27(46)14-15-28(47)48)17-7-16-37-26(45)13-10-22(32(49)50-34(2,3)4)18-25(44)21-8-11-24(12-9-21)42(5)20-23-19-38-31-29(39-23)30(35)40-33(36)41-31/h8-9,11-12,19,22H,6-7,10,13-18,20H2,1-5H3,(H,37,45)(H,47,48)(H4,35,36,38,40,41)/t22-/m0/s1. The predicted octanol–water partition coefficient (Wildman–Crippen LogP) is 2.75. The molecule has 0 unspecified atom stereocenters. The van der Waals surface area contributed by atoms with E-state index in [2.05, 4.69) is 25.3 Å². The van der Waals surface area contributed by atoms with Crippen LogP contribution in [-0.4, -0.2) is 91.8 Å². The van der Waals surface area contributed by atoms with E-state index in [-0.39, 0.29) is 61.5 Å². The first kappa shape index (κ1) is 39.0. The summed E-state index contributed by atoms with van der Waals surface area (Å²) < 4.78 is 5.57. The minimum Gasteiger partial charge on any atom is -0.481 e. The smallest absolute Gasteiger partial charge is 0.309 e. The number of benzene rings is 1. The summed E-state index contributed by atoms with van der Waals surface area (Å²) in [5.41, 5.74) is 13.3. The van der Waals surface area contributed by atoms with E-state index >= 15 is 0 Å². The van der Waals surface area contributed by atoms with E-state index in [9.17, 15) is 24.0 Å². The van der Waals surface area contributed by atoms with Gasteiger partial charge in [-0.05, 0) is 64.8 Å². The highest BCUT2D eigenvalue weighted by Gasteiger charge is 2.28. The molecule has 0 saturated carbocycles. The van der Waals surface area contributed by atoms with Gasteiger partial charge in [-0.1, -0.05) is 0 Å². The number of Topliss-reactive ketones (excluding diaryl/α,β-unsaturated/α-hetero) is 1. The third-order valence-corrected chi connectivity index (χ3v) is 7.64. The third-order valence-electron chi connectivity index (χ3n) is 7.64. The van der Waals surface area contributed by atoms with Gasteiger partial charge in [-0.15, -0.1) is 0 Å². The fourth-order valence-corrected chi connectivity index (χ4v) is 5.05. The minimum absolute atomic E-state index is 0.00121. The Morgan fingerprint density at radius 3 is 2.34 bits per heavy atom. The van der Waals surface area contributed by atoms with Crippen molar-refractivity contribution in [2.75, 3.05) is 43.0 Å². The average Bonchev–Trinajstić information content (AvgIpc) is 3.04. The van der Waals surface area contributed by atoms with Crippen molar-refractivity contribution in [2.24, 2.45) is 5.92 Å². The molecule has 3 aromatic rings. The van der Waals surface area contributed by atoms with E-state index in [1.807, 2.05) is 11.9 Å². The van der Waals surface area contributed by atoms with Crippen LogP contribution in [0, 0.1) is 5.92 Å². The summed E-state index contributed by atoms with van der Waals surface area (Å²) >= 11 is 0. The molecular weight excluding hydrogens is 646 g/mol. The normalized spacial score (nSPS) is 11.9. The number of nitrogens with one attached hydrogen (secondary N) is 1. The molecule has 1 atom stereocenters. The fourth-order valence-electron chi connectivity index (χ4n) is 5.05. The number of nitrogens with zero attached hydrogens (tertiary/aromatic N) is 6. The number of hydrogen-bond donors (Lipinski definition) is 4. The largest absolute Gasteiger partial charge is 0.481 e. The Hall–Kier alpha value is -5.41. The van der Waals surface area contributed by atoms with Gasteiger partial charge < -0.3 is 36.4 Å². The van der Waals surface area contributed by atoms with Crippen molar-refractivity contribution >= 4 is 58.2 Å². The summed E-state index contributed by atoms with van der Waals surface area (Å²) in [5, 5.41) is 11.6. The maximum absolute atomic E-state index is 13.3. The summed E-state index contributed by atoms with van der Waals surface area (Å²) in [6.45, 7) is 8.49. The Bertz CT molecular complexity index is 1680. The van der Waals surface area contributed by atoms with Gasteiger partial charge in [0.05, 0.1) is 30.8 Å². The van der Waals surface area contributed by atoms with Crippen molar-refractivity contribution in [3.8, 4) is 0 Å². The number of amides is 2. The first-order chi connectivity index (χ1) is 23.6. The molecule has 6 N–H and O–H groups in total. The molecule has 0 spiro atoms. The van der Waals surface area contributed by atoms with Crippen LogP contribution in [0.4, 0.5) is 17.5 Å². The van der Waals surface area contributed by atoms with Crippen LogP contribution in [0.5, 0.6) is 0 Å². The van der Waals surface area contributed by atoms with Gasteiger partial charge in [0.15, 0.2) is 22.8 Å². The molecule has 16 heteroatoms. The van der Waals surface area contributed by atoms with Crippen molar-refractivity contribution in [1.82, 2.24) is 30.2 Å². The maximum Gasteiger partial charge on any atom is 0.309 e. The summed E-state index contributed by atoms with van der Waals surface area (Å²) in [6.07, 6.45) is 1.72. The lowest BCUT2D eigenvalue weighted by atomic mass is 9.93. The molecule has 2 heterocycles. The summed E-state index contributed by atoms with van der Waals surface area (Å²) in [4.78, 5) is 82.2. The van der Waals surface area contributed by atoms with Crippen molar-refractivity contribution in [3.05, 3.63) is 41.7 Å². The second-order valence-corrected chi connectivity index (χ2v) is 12.9. The summed E-state index contributed by atoms with van der Waals surface area (Å²) in [7, 11) is 1.86. The SMILES string of the molecule is CCN(CCCNC(=O)CC[C@@H](CC(=O)c1ccc(N(C)Cc2cnc3nc(N)nc(N)c3n2)cc1)C(=O)OC(C)(C)C)C(=O)CCC(=O)O. The number of esters is 1. The topological polar surface area (TPSA) is 237 Å². The van der Waals surface area contributed by atoms with Crippen LogP contribution in [0.25, 0.3) is 11.2 Å². The molecule has 2 aromatic heterocycles. The van der Waals surface area contributed by atoms with Crippen LogP contribution in [0.15, 0.2) is 30.5 Å². The number of carbonyl (C=O) groups excluding carboxylic acids is 4. The number of aliphatic carboxylic acids is 1. The van der Waals surface area contributed by atoms with Gasteiger partial charge in [-0.2, -0.15) is 9.97 Å². The molecule has 0 fully saturated rings. The number of aromatic nitrogens is 4. The molecule has 0 saturated heterocycles. The van der Waals surface area contributed by atoms with Gasteiger partial charge in [0.2, 0.25) is 17.8 Å². The van der Waals surface area contributed by atoms with E-state index in [0.29, 0.717) is 55.0 Å². The zero-order valence-corrected chi connectivity index (χ0v) is 29.3. The Balaban J connectivity index is 1.56. The Morgan fingerprint density at radius 2 is 1.70 bits per heavy atom. The average molecular weight is 694 g/mol. The maximum atomic E-state index is 13.3. The lowest BCUT2D eigenvalue weighted by molar-refractivity contribution is -0.160. The van der Waals surface area contributed by atoms with Gasteiger partial charge in [-0.3, -0.25) is 24.0 Å². The number of ketones is 1. The quantitative estimate of drug-likeness (QED) is 0.0852. The molecule has 3 rings (SSSR count). The molecule has 16 nitrogen and oxygen atoms in total. The van der Waals surface area contributed by atoms with Gasteiger partial charge in [0.1, 0.15) is 5.60 Å². The zero-order valence-electron chi connectivity index (χ0n) is 29.3. The molecule has 2 amide bonds. The Morgan fingerprint density at radius 1 is 1.00 bits per heavy atom. The van der Waals surface area contributed by atoms with Crippen molar-refractivity contribution in [2.45, 2.75) is 78.4 Å². The number of carboxylic acids is 1. The van der Waals surface area contributed by atoms with E-state index in [0.717, 1.165) is 5.69 Å². The highest BCUT2D eigenvalue weighted by molar-refractivity contribution is 5.98. The van der Waals surface area contributed by atoms with Crippen molar-refractivity contribution in [3.63, 3.8) is 0 Å². The van der Waals surface area contributed by atoms with Crippen molar-refractivity contribution in [1.29, 1.82) is 0 Å². The van der Waals surface area contributed by atoms with Gasteiger partial charge in [0, 0.05) is 57.2 Å². The fraction of sp³-hybridized carbons (Fsp3) is 0.500. The number of carbonyl (C=O) groups is 5. The van der Waals surface area contributed by atoms with Crippen LogP contribution in [0.1, 0.15) is 82.3 Å². The summed E-state index contributed by atoms with van der Waals surface area (Å²) in [5.74, 6) is -3.09. The molecule has 0 radical (unpaired) electrons. The molecule has 0 aliphatic rings. The molecule has 0 aliphatic carbocycles. The zero-order chi connectivity index (χ0) is 37.0. The van der Waals surface area contributed by atoms with Crippen LogP contribution < -0.4 is 21.7 Å². The lowest BCUT2D eigenvalue weighted by Crippen LogP contribution is -2.34. The molecule has 1 aromatic carbocycles. The highest BCUT2D eigenvalue weighted by Crippen LogP contribution is 2.23.